The fourth-order valence-electron chi connectivity index (χ4n) is 2.72. The molecule has 5 nitrogen and oxygen atoms in total. The Bertz CT molecular complexity index is 1030. The highest BCUT2D eigenvalue weighted by atomic mass is 35.5. The number of carbonyl (C=O) groups excluding carboxylic acids is 1. The summed E-state index contributed by atoms with van der Waals surface area (Å²) in [6, 6.07) is 11.1. The molecule has 0 aliphatic carbocycles. The van der Waals surface area contributed by atoms with Gasteiger partial charge in [0.25, 0.3) is 0 Å². The summed E-state index contributed by atoms with van der Waals surface area (Å²) in [5.41, 5.74) is 1.88. The Morgan fingerprint density at radius 3 is 2.79 bits per heavy atom. The van der Waals surface area contributed by atoms with Gasteiger partial charge in [0, 0.05) is 17.3 Å². The summed E-state index contributed by atoms with van der Waals surface area (Å²) in [6.07, 6.45) is 6.25. The first-order chi connectivity index (χ1) is 13.9. The predicted molar refractivity (Wildman–Crippen MR) is 106 cm³/mol. The van der Waals surface area contributed by atoms with E-state index in [4.69, 9.17) is 16.3 Å². The van der Waals surface area contributed by atoms with Gasteiger partial charge in [-0.1, -0.05) is 35.9 Å². The second-order valence-electron chi connectivity index (χ2n) is 6.03. The van der Waals surface area contributed by atoms with Crippen LogP contribution in [0, 0.1) is 0 Å². The predicted octanol–water partition coefficient (Wildman–Crippen LogP) is 5.09. The maximum absolute atomic E-state index is 12.4. The van der Waals surface area contributed by atoms with Gasteiger partial charge in [-0.15, -0.1) is 0 Å². The van der Waals surface area contributed by atoms with Crippen LogP contribution in [0.1, 0.15) is 21.5 Å². The van der Waals surface area contributed by atoms with Crippen LogP contribution in [-0.4, -0.2) is 29.3 Å². The molecule has 0 amide bonds. The van der Waals surface area contributed by atoms with E-state index in [1.165, 1.54) is 30.3 Å². The Morgan fingerprint density at radius 2 is 2.10 bits per heavy atom. The van der Waals surface area contributed by atoms with Crippen LogP contribution in [0.15, 0.2) is 60.9 Å². The van der Waals surface area contributed by atoms with Gasteiger partial charge in [-0.05, 0) is 35.9 Å². The molecule has 0 saturated heterocycles. The molecule has 3 aromatic rings. The molecular weight excluding hydrogens is 402 g/mol. The SMILES string of the molecule is COc1ccc(/C=C/C(=O)c2cccc(OC(F)F)c2)cc1Cn1cc(Cl)cn1. The largest absolute Gasteiger partial charge is 0.496 e. The summed E-state index contributed by atoms with van der Waals surface area (Å²) >= 11 is 5.90. The van der Waals surface area contributed by atoms with E-state index in [0.717, 1.165) is 11.1 Å². The molecular formula is C21H17ClF2N2O3. The third-order valence-electron chi connectivity index (χ3n) is 4.01. The number of ketones is 1. The van der Waals surface area contributed by atoms with Crippen LogP contribution in [0.2, 0.25) is 5.02 Å². The number of carbonyl (C=O) groups is 1. The van der Waals surface area contributed by atoms with Gasteiger partial charge in [0.2, 0.25) is 0 Å². The van der Waals surface area contributed by atoms with E-state index in [0.29, 0.717) is 17.3 Å². The Balaban J connectivity index is 1.77. The van der Waals surface area contributed by atoms with Crippen LogP contribution >= 0.6 is 11.6 Å². The summed E-state index contributed by atoms with van der Waals surface area (Å²) in [5, 5.41) is 4.68. The number of halogens is 3. The van der Waals surface area contributed by atoms with Crippen LogP contribution < -0.4 is 9.47 Å². The number of allylic oxidation sites excluding steroid dienone is 1. The number of alkyl halides is 2. The lowest BCUT2D eigenvalue weighted by Crippen LogP contribution is -2.03. The lowest BCUT2D eigenvalue weighted by Gasteiger charge is -2.10. The van der Waals surface area contributed by atoms with Crippen molar-refractivity contribution in [1.82, 2.24) is 9.78 Å². The molecule has 150 valence electrons. The zero-order valence-corrected chi connectivity index (χ0v) is 16.1. The summed E-state index contributed by atoms with van der Waals surface area (Å²) in [7, 11) is 1.57. The number of hydrogen-bond donors (Lipinski definition) is 0. The molecule has 2 aromatic carbocycles. The molecule has 0 spiro atoms. The highest BCUT2D eigenvalue weighted by Gasteiger charge is 2.09. The number of methoxy groups -OCH3 is 1. The number of rotatable bonds is 8. The van der Waals surface area contributed by atoms with E-state index >= 15 is 0 Å². The highest BCUT2D eigenvalue weighted by molar-refractivity contribution is 6.30. The molecule has 0 N–H and O–H groups in total. The molecule has 8 heteroatoms. The second-order valence-corrected chi connectivity index (χ2v) is 6.47. The Kier molecular flexibility index (Phi) is 6.61. The lowest BCUT2D eigenvalue weighted by molar-refractivity contribution is -0.0498. The third kappa shape index (κ3) is 5.65. The molecule has 0 radical (unpaired) electrons. The molecule has 0 saturated carbocycles. The molecule has 3 rings (SSSR count). The smallest absolute Gasteiger partial charge is 0.387 e. The van der Waals surface area contributed by atoms with Crippen molar-refractivity contribution in [3.8, 4) is 11.5 Å². The molecule has 1 aromatic heterocycles. The van der Waals surface area contributed by atoms with Gasteiger partial charge in [-0.25, -0.2) is 0 Å². The molecule has 0 atom stereocenters. The van der Waals surface area contributed by atoms with Gasteiger partial charge in [-0.3, -0.25) is 9.48 Å². The first kappa shape index (κ1) is 20.5. The van der Waals surface area contributed by atoms with Crippen molar-refractivity contribution in [2.45, 2.75) is 13.2 Å². The van der Waals surface area contributed by atoms with Crippen LogP contribution in [0.3, 0.4) is 0 Å². The fourth-order valence-corrected chi connectivity index (χ4v) is 2.88. The number of nitrogens with zero attached hydrogens (tertiary/aromatic N) is 2. The van der Waals surface area contributed by atoms with E-state index in [-0.39, 0.29) is 17.1 Å². The minimum Gasteiger partial charge on any atom is -0.496 e. The zero-order valence-electron chi connectivity index (χ0n) is 15.4. The van der Waals surface area contributed by atoms with Crippen molar-refractivity contribution >= 4 is 23.5 Å². The van der Waals surface area contributed by atoms with Gasteiger partial charge in [-0.2, -0.15) is 13.9 Å². The number of aromatic nitrogens is 2. The minimum atomic E-state index is -2.95. The van der Waals surface area contributed by atoms with E-state index in [1.807, 2.05) is 6.07 Å². The summed E-state index contributed by atoms with van der Waals surface area (Å²) in [4.78, 5) is 12.4. The van der Waals surface area contributed by atoms with E-state index in [1.54, 1.807) is 42.4 Å². The monoisotopic (exact) mass is 418 g/mol. The first-order valence-electron chi connectivity index (χ1n) is 8.57. The van der Waals surface area contributed by atoms with Gasteiger partial charge in [0.05, 0.1) is 24.9 Å². The maximum atomic E-state index is 12.4. The maximum Gasteiger partial charge on any atom is 0.387 e. The van der Waals surface area contributed by atoms with Crippen LogP contribution in [0.4, 0.5) is 8.78 Å². The van der Waals surface area contributed by atoms with Gasteiger partial charge < -0.3 is 9.47 Å². The highest BCUT2D eigenvalue weighted by Crippen LogP contribution is 2.23. The number of hydrogen-bond acceptors (Lipinski definition) is 4. The van der Waals surface area contributed by atoms with Crippen LogP contribution in [0.5, 0.6) is 11.5 Å². The van der Waals surface area contributed by atoms with Crippen LogP contribution in [-0.2, 0) is 6.54 Å². The van der Waals surface area contributed by atoms with Crippen molar-refractivity contribution in [3.63, 3.8) is 0 Å². The van der Waals surface area contributed by atoms with E-state index < -0.39 is 6.61 Å². The zero-order chi connectivity index (χ0) is 20.8. The molecule has 0 aliphatic rings. The molecule has 29 heavy (non-hydrogen) atoms. The van der Waals surface area contributed by atoms with Gasteiger partial charge in [0.15, 0.2) is 5.78 Å². The van der Waals surface area contributed by atoms with Crippen molar-refractivity contribution in [3.05, 3.63) is 82.6 Å². The fraction of sp³-hybridized carbons (Fsp3) is 0.143. The topological polar surface area (TPSA) is 53.4 Å². The average Bonchev–Trinajstić information content (AvgIpc) is 3.10. The summed E-state index contributed by atoms with van der Waals surface area (Å²) in [6.45, 7) is -2.50. The molecule has 0 fully saturated rings. The number of benzene rings is 2. The van der Waals surface area contributed by atoms with E-state index in [2.05, 4.69) is 9.84 Å². The van der Waals surface area contributed by atoms with Crippen molar-refractivity contribution in [2.75, 3.05) is 7.11 Å². The van der Waals surface area contributed by atoms with Gasteiger partial charge in [0.1, 0.15) is 11.5 Å². The third-order valence-corrected chi connectivity index (χ3v) is 4.20. The van der Waals surface area contributed by atoms with Crippen molar-refractivity contribution < 1.29 is 23.0 Å². The molecule has 1 heterocycles. The Morgan fingerprint density at radius 1 is 1.28 bits per heavy atom. The normalized spacial score (nSPS) is 11.2. The molecule has 0 bridgehead atoms. The Hall–Kier alpha value is -3.19. The summed E-state index contributed by atoms with van der Waals surface area (Å²) in [5.74, 6) is 0.279. The summed E-state index contributed by atoms with van der Waals surface area (Å²) < 4.78 is 36.0. The lowest BCUT2D eigenvalue weighted by atomic mass is 10.1. The van der Waals surface area contributed by atoms with E-state index in [9.17, 15) is 13.6 Å². The first-order valence-corrected chi connectivity index (χ1v) is 8.94. The van der Waals surface area contributed by atoms with Crippen molar-refractivity contribution in [1.29, 1.82) is 0 Å². The Labute approximate surface area is 171 Å². The standard InChI is InChI=1S/C21H17ClF2N2O3/c1-28-20-8-6-14(9-16(20)12-26-13-17(22)11-25-26)5-7-19(27)15-3-2-4-18(10-15)29-21(23)24/h2-11,13,21H,12H2,1H3/b7-5+. The number of ether oxygens (including phenoxy) is 2. The molecule has 0 unspecified atom stereocenters. The van der Waals surface area contributed by atoms with Crippen LogP contribution in [0.25, 0.3) is 6.08 Å². The quantitative estimate of drug-likeness (QED) is 0.377. The molecule has 0 aliphatic heterocycles. The second kappa shape index (κ2) is 9.34. The van der Waals surface area contributed by atoms with Crippen molar-refractivity contribution in [2.24, 2.45) is 0 Å². The van der Waals surface area contributed by atoms with Gasteiger partial charge >= 0.3 is 6.61 Å². The average molecular weight is 419 g/mol. The minimum absolute atomic E-state index is 0.0659.